The van der Waals surface area contributed by atoms with Crippen LogP contribution in [0.2, 0.25) is 0 Å². The van der Waals surface area contributed by atoms with E-state index in [1.54, 1.807) is 45.9 Å². The van der Waals surface area contributed by atoms with E-state index in [1.165, 1.54) is 42.5 Å². The number of benzene rings is 3. The molecule has 0 aliphatic carbocycles. The Balaban J connectivity index is 1.69. The van der Waals surface area contributed by atoms with E-state index in [0.29, 0.717) is 17.4 Å². The Labute approximate surface area is 250 Å². The number of amides is 2. The van der Waals surface area contributed by atoms with Crippen LogP contribution in [0.4, 0.5) is 8.78 Å². The zero-order chi connectivity index (χ0) is 31.8. The molecule has 0 saturated heterocycles. The Morgan fingerprint density at radius 2 is 1.58 bits per heavy atom. The first-order chi connectivity index (χ1) is 20.1. The number of carbonyl (C=O) groups is 3. The highest BCUT2D eigenvalue weighted by Crippen LogP contribution is 2.23. The average molecular weight is 615 g/mol. The maximum absolute atomic E-state index is 14.5. The van der Waals surface area contributed by atoms with Gasteiger partial charge >= 0.3 is 0 Å². The smallest absolute Gasteiger partial charge is 0.254 e. The molecular weight excluding hydrogens is 578 g/mol. The molecule has 43 heavy (non-hydrogen) atoms. The van der Waals surface area contributed by atoms with Crippen LogP contribution < -0.4 is 20.7 Å². The Bertz CT molecular complexity index is 1570. The Morgan fingerprint density at radius 3 is 2.21 bits per heavy atom. The number of aldehydes is 1. The van der Waals surface area contributed by atoms with Gasteiger partial charge in [-0.1, -0.05) is 35.9 Å². The second-order valence-electron chi connectivity index (χ2n) is 11.3. The van der Waals surface area contributed by atoms with E-state index in [2.05, 4.69) is 20.7 Å². The van der Waals surface area contributed by atoms with Crippen LogP contribution in [0, 0.1) is 18.6 Å². The standard InChI is InChI=1S/C31H36F2N4O5S/c1-21-8-11-25(12-9-21)43(41,42)37-31(20-38,18-28(39)36-30(2,3)4)19-34-14-15-35-29(40)26-17-23(10-13-27(26)33)22-6-5-7-24(32)16-22/h5-13,16-17,20,34,37H,14-15,18-19H2,1-4H3,(H,35,40)(H,36,39)/t31-/m1/s1. The molecule has 12 heteroatoms. The van der Waals surface area contributed by atoms with Crippen LogP contribution in [0.5, 0.6) is 0 Å². The van der Waals surface area contributed by atoms with Gasteiger partial charge in [-0.3, -0.25) is 9.59 Å². The van der Waals surface area contributed by atoms with Crippen LogP contribution in [0.1, 0.15) is 43.1 Å². The molecule has 0 radical (unpaired) electrons. The van der Waals surface area contributed by atoms with E-state index in [0.717, 1.165) is 11.6 Å². The topological polar surface area (TPSA) is 133 Å². The first-order valence-corrected chi connectivity index (χ1v) is 15.0. The second kappa shape index (κ2) is 14.0. The average Bonchev–Trinajstić information content (AvgIpc) is 2.92. The molecule has 2 amide bonds. The first kappa shape index (κ1) is 33.5. The van der Waals surface area contributed by atoms with Crippen LogP contribution in [0.3, 0.4) is 0 Å². The van der Waals surface area contributed by atoms with E-state index in [9.17, 15) is 31.6 Å². The summed E-state index contributed by atoms with van der Waals surface area (Å²) >= 11 is 0. The minimum atomic E-state index is -4.20. The van der Waals surface area contributed by atoms with E-state index in [1.807, 2.05) is 0 Å². The molecule has 3 aromatic rings. The fraction of sp³-hybridized carbons (Fsp3) is 0.323. The van der Waals surface area contributed by atoms with E-state index >= 15 is 0 Å². The maximum atomic E-state index is 14.5. The lowest BCUT2D eigenvalue weighted by Crippen LogP contribution is -2.59. The molecule has 230 valence electrons. The van der Waals surface area contributed by atoms with Gasteiger partial charge in [-0.05, 0) is 75.2 Å². The van der Waals surface area contributed by atoms with Crippen molar-refractivity contribution >= 4 is 28.1 Å². The van der Waals surface area contributed by atoms with Crippen molar-refractivity contribution in [1.82, 2.24) is 20.7 Å². The van der Waals surface area contributed by atoms with Gasteiger partial charge in [0.2, 0.25) is 15.9 Å². The predicted octanol–water partition coefficient (Wildman–Crippen LogP) is 3.48. The minimum Gasteiger partial charge on any atom is -0.351 e. The molecule has 9 nitrogen and oxygen atoms in total. The Morgan fingerprint density at radius 1 is 0.907 bits per heavy atom. The molecule has 3 aromatic carbocycles. The van der Waals surface area contributed by atoms with Gasteiger partial charge in [-0.2, -0.15) is 4.72 Å². The normalized spacial score (nSPS) is 13.2. The zero-order valence-corrected chi connectivity index (χ0v) is 25.3. The van der Waals surface area contributed by atoms with Gasteiger partial charge in [0.1, 0.15) is 23.5 Å². The number of carbonyl (C=O) groups excluding carboxylic acids is 3. The van der Waals surface area contributed by atoms with Crippen molar-refractivity contribution in [2.24, 2.45) is 0 Å². The summed E-state index contributed by atoms with van der Waals surface area (Å²) in [4.78, 5) is 37.8. The van der Waals surface area contributed by atoms with Gasteiger partial charge in [0.25, 0.3) is 5.91 Å². The molecule has 1 atom stereocenters. The van der Waals surface area contributed by atoms with Crippen LogP contribution in [-0.4, -0.2) is 57.2 Å². The molecular formula is C31H36F2N4O5S. The van der Waals surface area contributed by atoms with Gasteiger partial charge < -0.3 is 20.7 Å². The lowest BCUT2D eigenvalue weighted by molar-refractivity contribution is -0.126. The van der Waals surface area contributed by atoms with Gasteiger partial charge in [-0.25, -0.2) is 17.2 Å². The number of aryl methyl sites for hydroxylation is 1. The predicted molar refractivity (Wildman–Crippen MR) is 160 cm³/mol. The summed E-state index contributed by atoms with van der Waals surface area (Å²) in [5.41, 5.74) is -0.948. The molecule has 3 rings (SSSR count). The van der Waals surface area contributed by atoms with E-state index in [4.69, 9.17) is 0 Å². The summed E-state index contributed by atoms with van der Waals surface area (Å²) in [6.45, 7) is 6.81. The molecule has 0 aromatic heterocycles. The molecule has 0 aliphatic heterocycles. The molecule has 0 saturated carbocycles. The van der Waals surface area contributed by atoms with Crippen molar-refractivity contribution in [2.45, 2.75) is 50.1 Å². The van der Waals surface area contributed by atoms with Crippen LogP contribution in [0.25, 0.3) is 11.1 Å². The van der Waals surface area contributed by atoms with Crippen molar-refractivity contribution in [3.05, 3.63) is 89.5 Å². The molecule has 0 aliphatic rings. The second-order valence-corrected chi connectivity index (χ2v) is 13.0. The number of sulfonamides is 1. The number of nitrogens with one attached hydrogen (secondary N) is 4. The summed E-state index contributed by atoms with van der Waals surface area (Å²) in [5.74, 6) is -2.50. The van der Waals surface area contributed by atoms with Crippen molar-refractivity contribution in [3.63, 3.8) is 0 Å². The number of hydrogen-bond acceptors (Lipinski definition) is 6. The largest absolute Gasteiger partial charge is 0.351 e. The van der Waals surface area contributed by atoms with Gasteiger partial charge in [0.05, 0.1) is 16.9 Å². The first-order valence-electron chi connectivity index (χ1n) is 13.6. The lowest BCUT2D eigenvalue weighted by atomic mass is 9.97. The maximum Gasteiger partial charge on any atom is 0.254 e. The van der Waals surface area contributed by atoms with Crippen LogP contribution in [0.15, 0.2) is 71.6 Å². The van der Waals surface area contributed by atoms with Gasteiger partial charge in [0.15, 0.2) is 0 Å². The zero-order valence-electron chi connectivity index (χ0n) is 24.5. The highest BCUT2D eigenvalue weighted by atomic mass is 32.2. The van der Waals surface area contributed by atoms with Gasteiger partial charge in [0, 0.05) is 25.2 Å². The van der Waals surface area contributed by atoms with Crippen molar-refractivity contribution in [2.75, 3.05) is 19.6 Å². The summed E-state index contributed by atoms with van der Waals surface area (Å²) in [7, 11) is -4.20. The number of halogens is 2. The lowest BCUT2D eigenvalue weighted by Gasteiger charge is -2.30. The quantitative estimate of drug-likeness (QED) is 0.172. The van der Waals surface area contributed by atoms with Gasteiger partial charge in [-0.15, -0.1) is 0 Å². The van der Waals surface area contributed by atoms with Crippen molar-refractivity contribution < 1.29 is 31.6 Å². The number of hydrogen-bond donors (Lipinski definition) is 4. The van der Waals surface area contributed by atoms with Crippen LogP contribution >= 0.6 is 0 Å². The fourth-order valence-electron chi connectivity index (χ4n) is 4.25. The third-order valence-electron chi connectivity index (χ3n) is 6.28. The SMILES string of the molecule is Cc1ccc(S(=O)(=O)N[C@@](C=O)(CNCCNC(=O)c2cc(-c3cccc(F)c3)ccc2F)CC(=O)NC(C)(C)C)cc1. The van der Waals surface area contributed by atoms with Crippen molar-refractivity contribution in [1.29, 1.82) is 0 Å². The van der Waals surface area contributed by atoms with Crippen molar-refractivity contribution in [3.8, 4) is 11.1 Å². The highest BCUT2D eigenvalue weighted by Gasteiger charge is 2.38. The highest BCUT2D eigenvalue weighted by molar-refractivity contribution is 7.89. The Hall–Kier alpha value is -4.00. The third kappa shape index (κ3) is 9.77. The molecule has 0 heterocycles. The Kier molecular flexibility index (Phi) is 10.9. The molecule has 0 spiro atoms. The molecule has 4 N–H and O–H groups in total. The van der Waals surface area contributed by atoms with Crippen LogP contribution in [-0.2, 0) is 19.6 Å². The molecule has 0 bridgehead atoms. The monoisotopic (exact) mass is 614 g/mol. The molecule has 0 unspecified atom stereocenters. The minimum absolute atomic E-state index is 0.0176. The summed E-state index contributed by atoms with van der Waals surface area (Å²) in [5, 5.41) is 8.20. The summed E-state index contributed by atoms with van der Waals surface area (Å²) in [6, 6.07) is 15.6. The summed E-state index contributed by atoms with van der Waals surface area (Å²) < 4.78 is 56.8. The third-order valence-corrected chi connectivity index (χ3v) is 7.85. The molecule has 0 fully saturated rings. The van der Waals surface area contributed by atoms with E-state index < -0.39 is 51.0 Å². The number of rotatable bonds is 13. The fourth-order valence-corrected chi connectivity index (χ4v) is 5.59. The summed E-state index contributed by atoms with van der Waals surface area (Å²) in [6.07, 6.45) is -0.115. The van der Waals surface area contributed by atoms with E-state index in [-0.39, 0.29) is 30.1 Å².